The zero-order chi connectivity index (χ0) is 14.8. The number of halogens is 1. The van der Waals surface area contributed by atoms with Crippen LogP contribution in [0.15, 0.2) is 24.3 Å². The standard InChI is InChI=1S/C17H26N2O.ClH/c1-13-5-7-15(8-6-13)17(3,4)11-16(20)19-10-9-18-12-14(19)2;/h5-8,14,18H,9-12H2,1-4H3;1H/t14-;/m0./s1. The summed E-state index contributed by atoms with van der Waals surface area (Å²) in [6, 6.07) is 8.82. The number of amides is 1. The van der Waals surface area contributed by atoms with Gasteiger partial charge in [0.15, 0.2) is 0 Å². The Balaban J connectivity index is 0.00000220. The topological polar surface area (TPSA) is 32.3 Å². The molecule has 0 unspecified atom stereocenters. The van der Waals surface area contributed by atoms with Crippen LogP contribution in [-0.4, -0.2) is 36.5 Å². The Morgan fingerprint density at radius 2 is 1.95 bits per heavy atom. The van der Waals surface area contributed by atoms with Crippen molar-refractivity contribution in [1.29, 1.82) is 0 Å². The Morgan fingerprint density at radius 3 is 2.52 bits per heavy atom. The third-order valence-electron chi connectivity index (χ3n) is 4.25. The molecule has 1 aromatic carbocycles. The second-order valence-electron chi connectivity index (χ2n) is 6.57. The van der Waals surface area contributed by atoms with Gasteiger partial charge in [0.1, 0.15) is 0 Å². The van der Waals surface area contributed by atoms with Crippen molar-refractivity contribution in [2.45, 2.75) is 45.6 Å². The van der Waals surface area contributed by atoms with Gasteiger partial charge in [-0.2, -0.15) is 0 Å². The van der Waals surface area contributed by atoms with E-state index in [-0.39, 0.29) is 23.7 Å². The van der Waals surface area contributed by atoms with Gasteiger partial charge in [0.05, 0.1) is 0 Å². The molecule has 0 aromatic heterocycles. The molecule has 1 aliphatic heterocycles. The second-order valence-corrected chi connectivity index (χ2v) is 6.57. The van der Waals surface area contributed by atoms with Crippen molar-refractivity contribution in [3.8, 4) is 0 Å². The molecule has 3 nitrogen and oxygen atoms in total. The number of aryl methyl sites for hydroxylation is 1. The predicted octanol–water partition coefficient (Wildman–Crippen LogP) is 2.90. The van der Waals surface area contributed by atoms with Crippen LogP contribution in [0.25, 0.3) is 0 Å². The Hall–Kier alpha value is -1.06. The zero-order valence-corrected chi connectivity index (χ0v) is 14.3. The highest BCUT2D eigenvalue weighted by Crippen LogP contribution is 2.28. The van der Waals surface area contributed by atoms with E-state index in [2.05, 4.69) is 57.3 Å². The number of nitrogens with zero attached hydrogens (tertiary/aromatic N) is 1. The molecule has 2 rings (SSSR count). The number of carbonyl (C=O) groups excluding carboxylic acids is 1. The molecule has 1 atom stereocenters. The summed E-state index contributed by atoms with van der Waals surface area (Å²) < 4.78 is 0. The molecule has 0 bridgehead atoms. The summed E-state index contributed by atoms with van der Waals surface area (Å²) in [6.45, 7) is 11.1. The van der Waals surface area contributed by atoms with Crippen LogP contribution >= 0.6 is 12.4 Å². The van der Waals surface area contributed by atoms with Crippen LogP contribution in [0.3, 0.4) is 0 Å². The van der Waals surface area contributed by atoms with Crippen LogP contribution in [0.2, 0.25) is 0 Å². The van der Waals surface area contributed by atoms with E-state index in [1.54, 1.807) is 0 Å². The predicted molar refractivity (Wildman–Crippen MR) is 90.1 cm³/mol. The van der Waals surface area contributed by atoms with E-state index < -0.39 is 0 Å². The lowest BCUT2D eigenvalue weighted by atomic mass is 9.80. The van der Waals surface area contributed by atoms with Crippen LogP contribution in [0.5, 0.6) is 0 Å². The Labute approximate surface area is 134 Å². The van der Waals surface area contributed by atoms with Gasteiger partial charge < -0.3 is 10.2 Å². The number of hydrogen-bond acceptors (Lipinski definition) is 2. The summed E-state index contributed by atoms with van der Waals surface area (Å²) >= 11 is 0. The first-order valence-corrected chi connectivity index (χ1v) is 7.47. The lowest BCUT2D eigenvalue weighted by molar-refractivity contribution is -0.135. The van der Waals surface area contributed by atoms with E-state index in [0.717, 1.165) is 19.6 Å². The molecule has 0 aliphatic carbocycles. The van der Waals surface area contributed by atoms with Crippen molar-refractivity contribution >= 4 is 18.3 Å². The smallest absolute Gasteiger partial charge is 0.223 e. The van der Waals surface area contributed by atoms with Crippen LogP contribution in [0.1, 0.15) is 38.3 Å². The quantitative estimate of drug-likeness (QED) is 0.931. The van der Waals surface area contributed by atoms with Gasteiger partial charge in [0, 0.05) is 32.1 Å². The number of rotatable bonds is 3. The molecule has 0 saturated carbocycles. The van der Waals surface area contributed by atoms with Gasteiger partial charge in [-0.3, -0.25) is 4.79 Å². The first kappa shape index (κ1) is 18.0. The summed E-state index contributed by atoms with van der Waals surface area (Å²) in [4.78, 5) is 14.6. The van der Waals surface area contributed by atoms with Crippen LogP contribution in [0, 0.1) is 6.92 Å². The van der Waals surface area contributed by atoms with Gasteiger partial charge >= 0.3 is 0 Å². The molecule has 1 amide bonds. The largest absolute Gasteiger partial charge is 0.337 e. The zero-order valence-electron chi connectivity index (χ0n) is 13.5. The Bertz CT molecular complexity index is 470. The second kappa shape index (κ2) is 7.28. The molecule has 4 heteroatoms. The molecule has 1 saturated heterocycles. The van der Waals surface area contributed by atoms with Crippen LogP contribution in [0.4, 0.5) is 0 Å². The lowest BCUT2D eigenvalue weighted by Gasteiger charge is -2.36. The minimum atomic E-state index is -0.116. The summed E-state index contributed by atoms with van der Waals surface area (Å²) in [5, 5.41) is 3.33. The number of carbonyl (C=O) groups is 1. The molecule has 1 heterocycles. The molecule has 0 spiro atoms. The maximum Gasteiger partial charge on any atom is 0.223 e. The summed E-state index contributed by atoms with van der Waals surface area (Å²) in [7, 11) is 0. The van der Waals surface area contributed by atoms with Crippen molar-refractivity contribution in [3.05, 3.63) is 35.4 Å². The molecular formula is C17H27ClN2O. The van der Waals surface area contributed by atoms with Gasteiger partial charge in [-0.05, 0) is 24.8 Å². The van der Waals surface area contributed by atoms with E-state index in [0.29, 0.717) is 12.5 Å². The normalized spacial score (nSPS) is 19.0. The van der Waals surface area contributed by atoms with E-state index >= 15 is 0 Å². The molecule has 1 aromatic rings. The van der Waals surface area contributed by atoms with Crippen molar-refractivity contribution < 1.29 is 4.79 Å². The van der Waals surface area contributed by atoms with Crippen molar-refractivity contribution in [2.24, 2.45) is 0 Å². The number of hydrogen-bond donors (Lipinski definition) is 1. The van der Waals surface area contributed by atoms with Gasteiger partial charge in [0.25, 0.3) is 0 Å². The first-order chi connectivity index (χ1) is 9.40. The molecule has 118 valence electrons. The van der Waals surface area contributed by atoms with Gasteiger partial charge in [-0.15, -0.1) is 12.4 Å². The monoisotopic (exact) mass is 310 g/mol. The highest BCUT2D eigenvalue weighted by atomic mass is 35.5. The lowest BCUT2D eigenvalue weighted by Crippen LogP contribution is -2.53. The summed E-state index contributed by atoms with van der Waals surface area (Å²) in [6.07, 6.45) is 0.570. The fourth-order valence-corrected chi connectivity index (χ4v) is 2.80. The Kier molecular flexibility index (Phi) is 6.24. The SMILES string of the molecule is Cc1ccc(C(C)(C)CC(=O)N2CCNC[C@@H]2C)cc1.Cl. The van der Waals surface area contributed by atoms with Crippen molar-refractivity contribution in [1.82, 2.24) is 10.2 Å². The third-order valence-corrected chi connectivity index (χ3v) is 4.25. The molecule has 21 heavy (non-hydrogen) atoms. The number of benzene rings is 1. The van der Waals surface area contributed by atoms with Crippen molar-refractivity contribution in [2.75, 3.05) is 19.6 Å². The average molecular weight is 311 g/mol. The van der Waals surface area contributed by atoms with Gasteiger partial charge in [-0.25, -0.2) is 0 Å². The number of piperazine rings is 1. The summed E-state index contributed by atoms with van der Waals surface area (Å²) in [5.74, 6) is 0.268. The van der Waals surface area contributed by atoms with Gasteiger partial charge in [-0.1, -0.05) is 43.7 Å². The molecule has 1 N–H and O–H groups in total. The molecular weight excluding hydrogens is 284 g/mol. The van der Waals surface area contributed by atoms with Gasteiger partial charge in [0.2, 0.25) is 5.91 Å². The number of nitrogens with one attached hydrogen (secondary N) is 1. The van der Waals surface area contributed by atoms with Crippen molar-refractivity contribution in [3.63, 3.8) is 0 Å². The average Bonchev–Trinajstić information content (AvgIpc) is 2.39. The van der Waals surface area contributed by atoms with E-state index in [1.165, 1.54) is 11.1 Å². The maximum absolute atomic E-state index is 12.6. The van der Waals surface area contributed by atoms with E-state index in [4.69, 9.17) is 0 Å². The fourth-order valence-electron chi connectivity index (χ4n) is 2.80. The first-order valence-electron chi connectivity index (χ1n) is 7.47. The van der Waals surface area contributed by atoms with Crippen LogP contribution < -0.4 is 5.32 Å². The molecule has 1 fully saturated rings. The maximum atomic E-state index is 12.6. The minimum absolute atomic E-state index is 0. The highest BCUT2D eigenvalue weighted by molar-refractivity contribution is 5.85. The summed E-state index contributed by atoms with van der Waals surface area (Å²) in [5.41, 5.74) is 2.38. The third kappa shape index (κ3) is 4.45. The highest BCUT2D eigenvalue weighted by Gasteiger charge is 2.29. The van der Waals surface area contributed by atoms with E-state index in [9.17, 15) is 4.79 Å². The Morgan fingerprint density at radius 1 is 1.33 bits per heavy atom. The molecule has 0 radical (unpaired) electrons. The minimum Gasteiger partial charge on any atom is -0.337 e. The fraction of sp³-hybridized carbons (Fsp3) is 0.588. The van der Waals surface area contributed by atoms with Crippen LogP contribution in [-0.2, 0) is 10.2 Å². The van der Waals surface area contributed by atoms with E-state index in [1.807, 2.05) is 4.90 Å². The molecule has 1 aliphatic rings.